The molecule has 0 heterocycles. The van der Waals surface area contributed by atoms with Crippen LogP contribution >= 0.6 is 15.9 Å². The van der Waals surface area contributed by atoms with Gasteiger partial charge in [0.15, 0.2) is 0 Å². The fourth-order valence-electron chi connectivity index (χ4n) is 0.785. The molecule has 0 aliphatic carbocycles. The first-order valence-corrected chi connectivity index (χ1v) is 4.18. The summed E-state index contributed by atoms with van der Waals surface area (Å²) in [5.41, 5.74) is 1.41. The van der Waals surface area contributed by atoms with Crippen LogP contribution in [0.1, 0.15) is 11.1 Å². The molecule has 1 aromatic carbocycles. The molecule has 0 atom stereocenters. The Kier molecular flexibility index (Phi) is 2.50. The van der Waals surface area contributed by atoms with Crippen LogP contribution in [0.4, 0.5) is 0 Å². The lowest BCUT2D eigenvalue weighted by molar-refractivity contribution is 0.475. The van der Waals surface area contributed by atoms with Gasteiger partial charge in [-0.25, -0.2) is 0 Å². The van der Waals surface area contributed by atoms with E-state index in [9.17, 15) is 0 Å². The summed E-state index contributed by atoms with van der Waals surface area (Å²) < 4.78 is 0. The lowest BCUT2D eigenvalue weighted by Crippen LogP contribution is -1.83. The second-order valence-electron chi connectivity index (χ2n) is 2.09. The van der Waals surface area contributed by atoms with Crippen molar-refractivity contribution in [2.24, 2.45) is 0 Å². The number of benzene rings is 1. The maximum Gasteiger partial charge on any atom is 0.116 e. The number of phenolic OH excluding ortho intramolecular Hbond substituents is 1. The Morgan fingerprint density at radius 3 is 2.82 bits per heavy atom. The Bertz CT molecular complexity index is 303. The summed E-state index contributed by atoms with van der Waals surface area (Å²) in [6.45, 7) is 0. The van der Waals surface area contributed by atoms with E-state index in [1.807, 2.05) is 6.07 Å². The molecule has 0 spiro atoms. The van der Waals surface area contributed by atoms with Gasteiger partial charge in [0.1, 0.15) is 5.75 Å². The number of nitriles is 1. The summed E-state index contributed by atoms with van der Waals surface area (Å²) in [5, 5.41) is 18.2. The van der Waals surface area contributed by atoms with Crippen molar-refractivity contribution >= 4 is 15.9 Å². The third-order valence-electron chi connectivity index (χ3n) is 1.36. The number of rotatable bonds is 1. The zero-order valence-corrected chi connectivity index (χ0v) is 7.30. The smallest absolute Gasteiger partial charge is 0.116 e. The van der Waals surface area contributed by atoms with E-state index in [1.165, 1.54) is 6.07 Å². The SMILES string of the molecule is N#Cc1cc(O)ccc1CBr. The highest BCUT2D eigenvalue weighted by Crippen LogP contribution is 2.17. The van der Waals surface area contributed by atoms with Crippen molar-refractivity contribution in [3.63, 3.8) is 0 Å². The molecule has 1 aromatic rings. The van der Waals surface area contributed by atoms with E-state index in [-0.39, 0.29) is 5.75 Å². The number of hydrogen-bond donors (Lipinski definition) is 1. The molecule has 0 saturated carbocycles. The highest BCUT2D eigenvalue weighted by atomic mass is 79.9. The molecule has 0 aromatic heterocycles. The van der Waals surface area contributed by atoms with Crippen LogP contribution in [0.5, 0.6) is 5.75 Å². The van der Waals surface area contributed by atoms with E-state index in [2.05, 4.69) is 15.9 Å². The number of alkyl halides is 1. The summed E-state index contributed by atoms with van der Waals surface area (Å²) in [6.07, 6.45) is 0. The first-order chi connectivity index (χ1) is 5.27. The first-order valence-electron chi connectivity index (χ1n) is 3.06. The van der Waals surface area contributed by atoms with Gasteiger partial charge in [-0.05, 0) is 17.7 Å². The van der Waals surface area contributed by atoms with Crippen LogP contribution < -0.4 is 0 Å². The van der Waals surface area contributed by atoms with Crippen molar-refractivity contribution in [2.45, 2.75) is 5.33 Å². The second-order valence-corrected chi connectivity index (χ2v) is 2.65. The normalized spacial score (nSPS) is 9.09. The van der Waals surface area contributed by atoms with Crippen LogP contribution in [0.3, 0.4) is 0 Å². The lowest BCUT2D eigenvalue weighted by Gasteiger charge is -1.98. The topological polar surface area (TPSA) is 44.0 Å². The molecule has 1 rings (SSSR count). The van der Waals surface area contributed by atoms with Gasteiger partial charge in [0, 0.05) is 5.33 Å². The Balaban J connectivity index is 3.19. The van der Waals surface area contributed by atoms with E-state index < -0.39 is 0 Å². The highest BCUT2D eigenvalue weighted by molar-refractivity contribution is 9.08. The van der Waals surface area contributed by atoms with E-state index in [1.54, 1.807) is 12.1 Å². The monoisotopic (exact) mass is 211 g/mol. The number of aromatic hydroxyl groups is 1. The molecular weight excluding hydrogens is 206 g/mol. The summed E-state index contributed by atoms with van der Waals surface area (Å²) in [4.78, 5) is 0. The van der Waals surface area contributed by atoms with E-state index >= 15 is 0 Å². The maximum atomic E-state index is 9.00. The molecule has 11 heavy (non-hydrogen) atoms. The summed E-state index contributed by atoms with van der Waals surface area (Å²) >= 11 is 3.24. The Labute approximate surface area is 73.2 Å². The lowest BCUT2D eigenvalue weighted by atomic mass is 10.1. The summed E-state index contributed by atoms with van der Waals surface area (Å²) in [7, 11) is 0. The molecule has 3 heteroatoms. The van der Waals surface area contributed by atoms with Gasteiger partial charge in [0.2, 0.25) is 0 Å². The van der Waals surface area contributed by atoms with Gasteiger partial charge in [0.05, 0.1) is 11.6 Å². The Morgan fingerprint density at radius 1 is 1.55 bits per heavy atom. The average Bonchev–Trinajstić information content (AvgIpc) is 2.04. The molecule has 0 fully saturated rings. The van der Waals surface area contributed by atoms with Crippen LogP contribution in [0.25, 0.3) is 0 Å². The van der Waals surface area contributed by atoms with Crippen LogP contribution in [-0.4, -0.2) is 5.11 Å². The van der Waals surface area contributed by atoms with Crippen molar-refractivity contribution in [2.75, 3.05) is 0 Å². The van der Waals surface area contributed by atoms with E-state index in [4.69, 9.17) is 10.4 Å². The van der Waals surface area contributed by atoms with Gasteiger partial charge in [0.25, 0.3) is 0 Å². The van der Waals surface area contributed by atoms with Crippen LogP contribution in [0.2, 0.25) is 0 Å². The van der Waals surface area contributed by atoms with Gasteiger partial charge in [-0.15, -0.1) is 0 Å². The molecule has 0 unspecified atom stereocenters. The number of phenols is 1. The van der Waals surface area contributed by atoms with Gasteiger partial charge in [-0.1, -0.05) is 22.0 Å². The average molecular weight is 212 g/mol. The minimum atomic E-state index is 0.131. The van der Waals surface area contributed by atoms with Crippen molar-refractivity contribution in [3.05, 3.63) is 29.3 Å². The molecule has 1 N–H and O–H groups in total. The van der Waals surface area contributed by atoms with Crippen molar-refractivity contribution in [1.82, 2.24) is 0 Å². The first kappa shape index (κ1) is 8.09. The van der Waals surface area contributed by atoms with Gasteiger partial charge < -0.3 is 5.11 Å². The molecule has 56 valence electrons. The molecule has 0 aliphatic heterocycles. The van der Waals surface area contributed by atoms with Crippen molar-refractivity contribution in [3.8, 4) is 11.8 Å². The van der Waals surface area contributed by atoms with E-state index in [0.717, 1.165) is 5.56 Å². The second kappa shape index (κ2) is 3.40. The third kappa shape index (κ3) is 1.72. The zero-order valence-electron chi connectivity index (χ0n) is 5.71. The Morgan fingerprint density at radius 2 is 2.27 bits per heavy atom. The van der Waals surface area contributed by atoms with Crippen LogP contribution in [0.15, 0.2) is 18.2 Å². The number of nitrogens with zero attached hydrogens (tertiary/aromatic N) is 1. The predicted octanol–water partition coefficient (Wildman–Crippen LogP) is 2.16. The molecular formula is C8H6BrNO. The molecule has 0 saturated heterocycles. The molecule has 0 aliphatic rings. The molecule has 2 nitrogen and oxygen atoms in total. The number of halogens is 1. The van der Waals surface area contributed by atoms with Crippen LogP contribution in [-0.2, 0) is 5.33 Å². The quantitative estimate of drug-likeness (QED) is 0.724. The van der Waals surface area contributed by atoms with Crippen molar-refractivity contribution < 1.29 is 5.11 Å². The minimum absolute atomic E-state index is 0.131. The van der Waals surface area contributed by atoms with Gasteiger partial charge in [-0.2, -0.15) is 5.26 Å². The largest absolute Gasteiger partial charge is 0.508 e. The van der Waals surface area contributed by atoms with E-state index in [0.29, 0.717) is 10.9 Å². The molecule has 0 amide bonds. The van der Waals surface area contributed by atoms with Gasteiger partial charge in [-0.3, -0.25) is 0 Å². The standard InChI is InChI=1S/C8H6BrNO/c9-4-6-1-2-8(11)3-7(6)5-10/h1-3,11H,4H2. The summed E-state index contributed by atoms with van der Waals surface area (Å²) in [6, 6.07) is 6.74. The fourth-order valence-corrected chi connectivity index (χ4v) is 1.27. The predicted molar refractivity (Wildman–Crippen MR) is 45.5 cm³/mol. The minimum Gasteiger partial charge on any atom is -0.508 e. The third-order valence-corrected chi connectivity index (χ3v) is 1.96. The fraction of sp³-hybridized carbons (Fsp3) is 0.125. The number of hydrogen-bond acceptors (Lipinski definition) is 2. The van der Waals surface area contributed by atoms with Crippen LogP contribution in [0, 0.1) is 11.3 Å². The van der Waals surface area contributed by atoms with Gasteiger partial charge >= 0.3 is 0 Å². The van der Waals surface area contributed by atoms with Crippen molar-refractivity contribution in [1.29, 1.82) is 5.26 Å². The molecule has 0 bridgehead atoms. The molecule has 0 radical (unpaired) electrons. The zero-order chi connectivity index (χ0) is 8.27. The summed E-state index contributed by atoms with van der Waals surface area (Å²) in [5.74, 6) is 0.131. The highest BCUT2D eigenvalue weighted by Gasteiger charge is 2.00. The Hall–Kier alpha value is -1.01. The maximum absolute atomic E-state index is 9.00.